The van der Waals surface area contributed by atoms with E-state index < -0.39 is 0 Å². The summed E-state index contributed by atoms with van der Waals surface area (Å²) in [6.45, 7) is 1.86. The fraction of sp³-hybridized carbons (Fsp3) is 0.231. The van der Waals surface area contributed by atoms with Crippen molar-refractivity contribution in [2.75, 3.05) is 5.32 Å². The van der Waals surface area contributed by atoms with E-state index in [1.807, 2.05) is 26.1 Å². The van der Waals surface area contributed by atoms with Crippen LogP contribution in [-0.4, -0.2) is 15.7 Å². The summed E-state index contributed by atoms with van der Waals surface area (Å²) in [6.07, 6.45) is 2.11. The molecule has 1 heterocycles. The second-order valence-corrected chi connectivity index (χ2v) is 4.59. The standard InChI is InChI=1S/C13H14ClN3O/c1-9-12(8-17(2)16-9)15-13(18)7-10-3-5-11(14)6-4-10/h3-6,8H,7H2,1-2H3,(H,15,18). The van der Waals surface area contributed by atoms with Crippen LogP contribution >= 0.6 is 11.6 Å². The van der Waals surface area contributed by atoms with Gasteiger partial charge in [-0.05, 0) is 24.6 Å². The van der Waals surface area contributed by atoms with E-state index in [1.54, 1.807) is 23.0 Å². The molecule has 0 aliphatic heterocycles. The van der Waals surface area contributed by atoms with Gasteiger partial charge in [0, 0.05) is 18.3 Å². The molecule has 0 unspecified atom stereocenters. The Morgan fingerprint density at radius 1 is 1.39 bits per heavy atom. The predicted octanol–water partition coefficient (Wildman–Crippen LogP) is 2.56. The molecule has 4 nitrogen and oxygen atoms in total. The van der Waals surface area contributed by atoms with Crippen LogP contribution in [-0.2, 0) is 18.3 Å². The number of anilines is 1. The fourth-order valence-corrected chi connectivity index (χ4v) is 1.83. The van der Waals surface area contributed by atoms with E-state index >= 15 is 0 Å². The van der Waals surface area contributed by atoms with Crippen molar-refractivity contribution in [1.82, 2.24) is 9.78 Å². The highest BCUT2D eigenvalue weighted by molar-refractivity contribution is 6.30. The lowest BCUT2D eigenvalue weighted by molar-refractivity contribution is -0.115. The van der Waals surface area contributed by atoms with Crippen molar-refractivity contribution >= 4 is 23.2 Å². The minimum absolute atomic E-state index is 0.0616. The average molecular weight is 264 g/mol. The molecule has 0 saturated heterocycles. The number of halogens is 1. The van der Waals surface area contributed by atoms with Crippen LogP contribution in [0.3, 0.4) is 0 Å². The second kappa shape index (κ2) is 5.23. The topological polar surface area (TPSA) is 46.9 Å². The molecular weight excluding hydrogens is 250 g/mol. The maximum absolute atomic E-state index is 11.8. The summed E-state index contributed by atoms with van der Waals surface area (Å²) in [5.41, 5.74) is 2.48. The number of amides is 1. The monoisotopic (exact) mass is 263 g/mol. The van der Waals surface area contributed by atoms with Crippen LogP contribution in [0.4, 0.5) is 5.69 Å². The molecule has 0 spiro atoms. The lowest BCUT2D eigenvalue weighted by Gasteiger charge is -2.03. The van der Waals surface area contributed by atoms with Crippen molar-refractivity contribution in [3.05, 3.63) is 46.7 Å². The summed E-state index contributed by atoms with van der Waals surface area (Å²) < 4.78 is 1.67. The van der Waals surface area contributed by atoms with Crippen molar-refractivity contribution in [2.45, 2.75) is 13.3 Å². The Bertz CT molecular complexity index is 560. The van der Waals surface area contributed by atoms with E-state index in [4.69, 9.17) is 11.6 Å². The first-order valence-corrected chi connectivity index (χ1v) is 5.97. The molecule has 5 heteroatoms. The van der Waals surface area contributed by atoms with Gasteiger partial charge in [-0.3, -0.25) is 9.48 Å². The number of aromatic nitrogens is 2. The highest BCUT2D eigenvalue weighted by Gasteiger charge is 2.08. The number of nitrogens with one attached hydrogen (secondary N) is 1. The Labute approximate surface area is 111 Å². The minimum atomic E-state index is -0.0616. The number of hydrogen-bond acceptors (Lipinski definition) is 2. The van der Waals surface area contributed by atoms with Gasteiger partial charge in [0.15, 0.2) is 0 Å². The molecular formula is C13H14ClN3O. The SMILES string of the molecule is Cc1nn(C)cc1NC(=O)Cc1ccc(Cl)cc1. The number of carbonyl (C=O) groups is 1. The molecule has 1 amide bonds. The Morgan fingerprint density at radius 2 is 2.06 bits per heavy atom. The molecule has 1 aromatic heterocycles. The lowest BCUT2D eigenvalue weighted by atomic mass is 10.1. The van der Waals surface area contributed by atoms with Gasteiger partial charge in [-0.1, -0.05) is 23.7 Å². The Kier molecular flexibility index (Phi) is 3.67. The van der Waals surface area contributed by atoms with Gasteiger partial charge in [0.25, 0.3) is 0 Å². The van der Waals surface area contributed by atoms with E-state index in [1.165, 1.54) is 0 Å². The van der Waals surface area contributed by atoms with Crippen LogP contribution in [0, 0.1) is 6.92 Å². The largest absolute Gasteiger partial charge is 0.323 e. The molecule has 0 aliphatic rings. The number of carbonyl (C=O) groups excluding carboxylic acids is 1. The lowest BCUT2D eigenvalue weighted by Crippen LogP contribution is -2.14. The molecule has 2 aromatic rings. The summed E-state index contributed by atoms with van der Waals surface area (Å²) in [7, 11) is 1.82. The van der Waals surface area contributed by atoms with E-state index in [-0.39, 0.29) is 5.91 Å². The third-order valence-electron chi connectivity index (χ3n) is 2.57. The molecule has 0 saturated carbocycles. The average Bonchev–Trinajstić information content (AvgIpc) is 2.61. The van der Waals surface area contributed by atoms with Crippen LogP contribution in [0.1, 0.15) is 11.3 Å². The number of hydrogen-bond donors (Lipinski definition) is 1. The van der Waals surface area contributed by atoms with E-state index in [0.717, 1.165) is 16.9 Å². The quantitative estimate of drug-likeness (QED) is 0.925. The van der Waals surface area contributed by atoms with Crippen LogP contribution in [0.25, 0.3) is 0 Å². The first-order valence-electron chi connectivity index (χ1n) is 5.59. The summed E-state index contributed by atoms with van der Waals surface area (Å²) in [4.78, 5) is 11.8. The molecule has 18 heavy (non-hydrogen) atoms. The van der Waals surface area contributed by atoms with Crippen molar-refractivity contribution in [3.63, 3.8) is 0 Å². The molecule has 0 fully saturated rings. The van der Waals surface area contributed by atoms with Gasteiger partial charge < -0.3 is 5.32 Å². The molecule has 2 rings (SSSR count). The third kappa shape index (κ3) is 3.11. The molecule has 94 valence electrons. The van der Waals surface area contributed by atoms with Crippen LogP contribution < -0.4 is 5.32 Å². The van der Waals surface area contributed by atoms with Gasteiger partial charge >= 0.3 is 0 Å². The zero-order chi connectivity index (χ0) is 13.1. The van der Waals surface area contributed by atoms with Gasteiger partial charge in [0.1, 0.15) is 0 Å². The van der Waals surface area contributed by atoms with E-state index in [0.29, 0.717) is 11.4 Å². The Balaban J connectivity index is 2.01. The van der Waals surface area contributed by atoms with E-state index in [2.05, 4.69) is 10.4 Å². The van der Waals surface area contributed by atoms with Gasteiger partial charge in [-0.15, -0.1) is 0 Å². The maximum atomic E-state index is 11.8. The third-order valence-corrected chi connectivity index (χ3v) is 2.82. The first kappa shape index (κ1) is 12.6. The summed E-state index contributed by atoms with van der Waals surface area (Å²) in [6, 6.07) is 7.25. The number of aryl methyl sites for hydroxylation is 2. The van der Waals surface area contributed by atoms with Gasteiger partial charge in [0.05, 0.1) is 17.8 Å². The van der Waals surface area contributed by atoms with Gasteiger partial charge in [-0.25, -0.2) is 0 Å². The second-order valence-electron chi connectivity index (χ2n) is 4.15. The van der Waals surface area contributed by atoms with Crippen molar-refractivity contribution in [2.24, 2.45) is 7.05 Å². The van der Waals surface area contributed by atoms with Crippen LogP contribution in [0.2, 0.25) is 5.02 Å². The summed E-state index contributed by atoms with van der Waals surface area (Å²) >= 11 is 5.79. The van der Waals surface area contributed by atoms with Crippen molar-refractivity contribution < 1.29 is 4.79 Å². The van der Waals surface area contributed by atoms with Gasteiger partial charge in [-0.2, -0.15) is 5.10 Å². The van der Waals surface area contributed by atoms with Crippen molar-refractivity contribution in [1.29, 1.82) is 0 Å². The zero-order valence-electron chi connectivity index (χ0n) is 10.3. The highest BCUT2D eigenvalue weighted by Crippen LogP contribution is 2.13. The summed E-state index contributed by atoms with van der Waals surface area (Å²) in [5.74, 6) is -0.0616. The molecule has 0 radical (unpaired) electrons. The predicted molar refractivity (Wildman–Crippen MR) is 71.7 cm³/mol. The smallest absolute Gasteiger partial charge is 0.228 e. The summed E-state index contributed by atoms with van der Waals surface area (Å²) in [5, 5.41) is 7.67. The highest BCUT2D eigenvalue weighted by atomic mass is 35.5. The molecule has 0 aliphatic carbocycles. The molecule has 0 atom stereocenters. The molecule has 1 N–H and O–H groups in total. The normalized spacial score (nSPS) is 10.4. The first-order chi connectivity index (χ1) is 8.54. The Hall–Kier alpha value is -1.81. The van der Waals surface area contributed by atoms with Crippen LogP contribution in [0.5, 0.6) is 0 Å². The zero-order valence-corrected chi connectivity index (χ0v) is 11.0. The number of nitrogens with zero attached hydrogens (tertiary/aromatic N) is 2. The van der Waals surface area contributed by atoms with Gasteiger partial charge in [0.2, 0.25) is 5.91 Å². The van der Waals surface area contributed by atoms with Crippen molar-refractivity contribution in [3.8, 4) is 0 Å². The number of rotatable bonds is 3. The Morgan fingerprint density at radius 3 is 2.61 bits per heavy atom. The number of benzene rings is 1. The fourth-order valence-electron chi connectivity index (χ4n) is 1.70. The van der Waals surface area contributed by atoms with E-state index in [9.17, 15) is 4.79 Å². The van der Waals surface area contributed by atoms with Crippen LogP contribution in [0.15, 0.2) is 30.5 Å². The minimum Gasteiger partial charge on any atom is -0.323 e. The maximum Gasteiger partial charge on any atom is 0.228 e. The molecule has 1 aromatic carbocycles. The molecule has 0 bridgehead atoms.